The fourth-order valence-electron chi connectivity index (χ4n) is 0.271. The van der Waals surface area contributed by atoms with Crippen molar-refractivity contribution in [2.24, 2.45) is 0 Å². The predicted molar refractivity (Wildman–Crippen MR) is 34.5 cm³/mol. The van der Waals surface area contributed by atoms with Gasteiger partial charge >= 0.3 is 0 Å². The van der Waals surface area contributed by atoms with Crippen LogP contribution in [0, 0.1) is 0 Å². The predicted octanol–water partition coefficient (Wildman–Crippen LogP) is 1.06. The second-order valence-corrected chi connectivity index (χ2v) is 1.53. The molecule has 0 aliphatic carbocycles. The Labute approximate surface area is 50.7 Å². The lowest BCUT2D eigenvalue weighted by molar-refractivity contribution is -0.123. The van der Waals surface area contributed by atoms with Crippen molar-refractivity contribution in [1.82, 2.24) is 5.06 Å². The minimum absolute atomic E-state index is 0.602. The SMILES string of the molecule is C=CCON(C)CC. The zero-order valence-electron chi connectivity index (χ0n) is 5.55. The van der Waals surface area contributed by atoms with Crippen LogP contribution in [0.1, 0.15) is 6.92 Å². The van der Waals surface area contributed by atoms with Crippen LogP contribution in [0.3, 0.4) is 0 Å². The standard InChI is InChI=1S/C6H13NO/c1-4-6-8-7(3)5-2/h4H,1,5-6H2,2-3H3. The molecule has 0 aromatic carbocycles. The summed E-state index contributed by atoms with van der Waals surface area (Å²) in [6.07, 6.45) is 1.73. The van der Waals surface area contributed by atoms with E-state index in [2.05, 4.69) is 6.58 Å². The van der Waals surface area contributed by atoms with Gasteiger partial charge in [-0.05, 0) is 0 Å². The van der Waals surface area contributed by atoms with Crippen LogP contribution in [0.15, 0.2) is 12.7 Å². The van der Waals surface area contributed by atoms with Gasteiger partial charge in [-0.25, -0.2) is 0 Å². The van der Waals surface area contributed by atoms with Gasteiger partial charge in [0, 0.05) is 13.6 Å². The molecular weight excluding hydrogens is 102 g/mol. The Kier molecular flexibility index (Phi) is 4.61. The van der Waals surface area contributed by atoms with E-state index in [1.54, 1.807) is 11.1 Å². The number of hydrogen-bond acceptors (Lipinski definition) is 2. The summed E-state index contributed by atoms with van der Waals surface area (Å²) in [5, 5.41) is 1.77. The first-order valence-corrected chi connectivity index (χ1v) is 2.76. The van der Waals surface area contributed by atoms with Crippen LogP contribution in [0.25, 0.3) is 0 Å². The molecule has 0 bridgehead atoms. The Balaban J connectivity index is 2.97. The zero-order chi connectivity index (χ0) is 6.41. The molecule has 0 N–H and O–H groups in total. The molecule has 0 fully saturated rings. The van der Waals surface area contributed by atoms with Crippen molar-refractivity contribution >= 4 is 0 Å². The normalized spacial score (nSPS) is 9.88. The van der Waals surface area contributed by atoms with E-state index in [4.69, 9.17) is 4.84 Å². The zero-order valence-corrected chi connectivity index (χ0v) is 5.55. The van der Waals surface area contributed by atoms with Crippen LogP contribution >= 0.6 is 0 Å². The van der Waals surface area contributed by atoms with Crippen molar-refractivity contribution in [3.63, 3.8) is 0 Å². The largest absolute Gasteiger partial charge is 0.295 e. The van der Waals surface area contributed by atoms with Gasteiger partial charge in [0.15, 0.2) is 0 Å². The van der Waals surface area contributed by atoms with Crippen molar-refractivity contribution in [3.8, 4) is 0 Å². The number of nitrogens with zero attached hydrogens (tertiary/aromatic N) is 1. The maximum Gasteiger partial charge on any atom is 0.0863 e. The molecule has 2 heteroatoms. The van der Waals surface area contributed by atoms with Gasteiger partial charge in [0.1, 0.15) is 0 Å². The summed E-state index contributed by atoms with van der Waals surface area (Å²) in [6, 6.07) is 0. The summed E-state index contributed by atoms with van der Waals surface area (Å²) < 4.78 is 0. The molecule has 0 saturated carbocycles. The monoisotopic (exact) mass is 115 g/mol. The third-order valence-electron chi connectivity index (χ3n) is 0.858. The number of hydroxylamine groups is 2. The summed E-state index contributed by atoms with van der Waals surface area (Å²) in [4.78, 5) is 5.06. The quantitative estimate of drug-likeness (QED) is 0.401. The van der Waals surface area contributed by atoms with Crippen molar-refractivity contribution < 1.29 is 4.84 Å². The van der Waals surface area contributed by atoms with Gasteiger partial charge in [0.05, 0.1) is 6.61 Å². The topological polar surface area (TPSA) is 12.5 Å². The van der Waals surface area contributed by atoms with E-state index in [0.29, 0.717) is 6.61 Å². The van der Waals surface area contributed by atoms with Gasteiger partial charge in [-0.2, -0.15) is 5.06 Å². The van der Waals surface area contributed by atoms with Crippen molar-refractivity contribution in [2.45, 2.75) is 6.92 Å². The summed E-state index contributed by atoms with van der Waals surface area (Å²) in [5.74, 6) is 0. The molecule has 0 unspecified atom stereocenters. The maximum absolute atomic E-state index is 5.06. The molecule has 0 rings (SSSR count). The fraction of sp³-hybridized carbons (Fsp3) is 0.667. The molecule has 0 radical (unpaired) electrons. The molecule has 0 aromatic rings. The second kappa shape index (κ2) is 4.81. The molecule has 0 spiro atoms. The van der Waals surface area contributed by atoms with Crippen molar-refractivity contribution in [2.75, 3.05) is 20.2 Å². The maximum atomic E-state index is 5.06. The van der Waals surface area contributed by atoms with E-state index >= 15 is 0 Å². The highest BCUT2D eigenvalue weighted by Crippen LogP contribution is 1.81. The lowest BCUT2D eigenvalue weighted by Crippen LogP contribution is -2.17. The molecule has 0 heterocycles. The molecule has 48 valence electrons. The molecular formula is C6H13NO. The van der Waals surface area contributed by atoms with Crippen LogP contribution in [-0.4, -0.2) is 25.3 Å². The number of hydrogen-bond donors (Lipinski definition) is 0. The minimum Gasteiger partial charge on any atom is -0.295 e. The summed E-state index contributed by atoms with van der Waals surface area (Å²) in [5.41, 5.74) is 0. The smallest absolute Gasteiger partial charge is 0.0863 e. The van der Waals surface area contributed by atoms with E-state index in [0.717, 1.165) is 6.54 Å². The molecule has 0 aliphatic heterocycles. The van der Waals surface area contributed by atoms with Crippen LogP contribution in [0.4, 0.5) is 0 Å². The van der Waals surface area contributed by atoms with E-state index in [1.165, 1.54) is 0 Å². The summed E-state index contributed by atoms with van der Waals surface area (Å²) in [7, 11) is 1.89. The van der Waals surface area contributed by atoms with Crippen LogP contribution in [-0.2, 0) is 4.84 Å². The molecule has 0 aromatic heterocycles. The Morgan fingerprint density at radius 1 is 1.75 bits per heavy atom. The lowest BCUT2D eigenvalue weighted by atomic mass is 10.7. The summed E-state index contributed by atoms with van der Waals surface area (Å²) in [6.45, 7) is 7.06. The first-order chi connectivity index (χ1) is 3.81. The first kappa shape index (κ1) is 7.66. The second-order valence-electron chi connectivity index (χ2n) is 1.53. The molecule has 0 amide bonds. The molecule has 0 aliphatic rings. The number of rotatable bonds is 4. The first-order valence-electron chi connectivity index (χ1n) is 2.76. The Bertz CT molecular complexity index is 63.5. The van der Waals surface area contributed by atoms with Gasteiger partial charge in [-0.1, -0.05) is 13.0 Å². The van der Waals surface area contributed by atoms with Gasteiger partial charge in [0.25, 0.3) is 0 Å². The van der Waals surface area contributed by atoms with Crippen molar-refractivity contribution in [1.29, 1.82) is 0 Å². The van der Waals surface area contributed by atoms with E-state index < -0.39 is 0 Å². The Morgan fingerprint density at radius 2 is 2.38 bits per heavy atom. The highest BCUT2D eigenvalue weighted by atomic mass is 16.7. The third-order valence-corrected chi connectivity index (χ3v) is 0.858. The third kappa shape index (κ3) is 3.84. The lowest BCUT2D eigenvalue weighted by Gasteiger charge is -2.11. The van der Waals surface area contributed by atoms with Crippen LogP contribution in [0.2, 0.25) is 0 Å². The summed E-state index contributed by atoms with van der Waals surface area (Å²) >= 11 is 0. The van der Waals surface area contributed by atoms with Gasteiger partial charge in [0.2, 0.25) is 0 Å². The highest BCUT2D eigenvalue weighted by Gasteiger charge is 1.87. The van der Waals surface area contributed by atoms with Gasteiger partial charge in [-0.15, -0.1) is 6.58 Å². The molecule has 0 saturated heterocycles. The molecule has 0 atom stereocenters. The van der Waals surface area contributed by atoms with Crippen LogP contribution < -0.4 is 0 Å². The van der Waals surface area contributed by atoms with Gasteiger partial charge in [-0.3, -0.25) is 4.84 Å². The molecule has 2 nitrogen and oxygen atoms in total. The molecule has 8 heavy (non-hydrogen) atoms. The fourth-order valence-corrected chi connectivity index (χ4v) is 0.271. The van der Waals surface area contributed by atoms with E-state index in [1.807, 2.05) is 14.0 Å². The van der Waals surface area contributed by atoms with Gasteiger partial charge < -0.3 is 0 Å². The highest BCUT2D eigenvalue weighted by molar-refractivity contribution is 4.62. The Hall–Kier alpha value is -0.340. The van der Waals surface area contributed by atoms with E-state index in [9.17, 15) is 0 Å². The van der Waals surface area contributed by atoms with Crippen LogP contribution in [0.5, 0.6) is 0 Å². The minimum atomic E-state index is 0.602. The average Bonchev–Trinajstić information content (AvgIpc) is 1.83. The Morgan fingerprint density at radius 3 is 2.75 bits per heavy atom. The average molecular weight is 115 g/mol. The van der Waals surface area contributed by atoms with E-state index in [-0.39, 0.29) is 0 Å². The van der Waals surface area contributed by atoms with Crippen molar-refractivity contribution in [3.05, 3.63) is 12.7 Å².